The molecule has 102 valence electrons. The predicted octanol–water partition coefficient (Wildman–Crippen LogP) is 0.740. The van der Waals surface area contributed by atoms with E-state index in [1.54, 1.807) is 13.2 Å². The Kier molecular flexibility index (Phi) is 3.74. The lowest BCUT2D eigenvalue weighted by atomic mass is 9.76. The molecule has 6 nitrogen and oxygen atoms in total. The van der Waals surface area contributed by atoms with Gasteiger partial charge in [0.2, 0.25) is 0 Å². The molecule has 0 saturated heterocycles. The number of rotatable bonds is 6. The Bertz CT molecular complexity index is 499. The van der Waals surface area contributed by atoms with Gasteiger partial charge in [0, 0.05) is 17.6 Å². The molecular formula is C11H20N4O2S. The topological polar surface area (TPSA) is 86.9 Å². The molecule has 0 spiro atoms. The van der Waals surface area contributed by atoms with Gasteiger partial charge in [-0.1, -0.05) is 6.92 Å². The van der Waals surface area contributed by atoms with Crippen LogP contribution in [0.25, 0.3) is 0 Å². The Labute approximate surface area is 108 Å². The van der Waals surface area contributed by atoms with Crippen molar-refractivity contribution in [3.05, 3.63) is 11.8 Å². The number of aromatic nitrogens is 2. The molecule has 1 fully saturated rings. The number of hydrogen-bond acceptors (Lipinski definition) is 4. The number of aromatic amines is 1. The predicted molar refractivity (Wildman–Crippen MR) is 68.5 cm³/mol. The molecule has 0 aromatic carbocycles. The quantitative estimate of drug-likeness (QED) is 0.713. The largest absolute Gasteiger partial charge is 0.316 e. The van der Waals surface area contributed by atoms with Crippen molar-refractivity contribution in [3.63, 3.8) is 0 Å². The van der Waals surface area contributed by atoms with Gasteiger partial charge < -0.3 is 5.32 Å². The lowest BCUT2D eigenvalue weighted by Gasteiger charge is -2.41. The molecule has 1 aromatic rings. The standard InChI is InChI=1S/C11H20N4O2S/c1-3-11(5-4-6-11)15-18(16,17)10-9(7-12-2)8-13-14-10/h8,12,15H,3-7H2,1-2H3,(H,13,14). The first-order valence-electron chi connectivity index (χ1n) is 6.24. The fourth-order valence-corrected chi connectivity index (χ4v) is 3.98. The van der Waals surface area contributed by atoms with Crippen molar-refractivity contribution in [2.75, 3.05) is 7.05 Å². The Morgan fingerprint density at radius 1 is 1.50 bits per heavy atom. The smallest absolute Gasteiger partial charge is 0.258 e. The van der Waals surface area contributed by atoms with E-state index < -0.39 is 10.0 Å². The Morgan fingerprint density at radius 3 is 2.72 bits per heavy atom. The average Bonchev–Trinajstić information content (AvgIpc) is 2.73. The Morgan fingerprint density at radius 2 is 2.22 bits per heavy atom. The molecule has 0 amide bonds. The highest BCUT2D eigenvalue weighted by Gasteiger charge is 2.39. The first kappa shape index (κ1) is 13.5. The summed E-state index contributed by atoms with van der Waals surface area (Å²) >= 11 is 0. The van der Waals surface area contributed by atoms with Gasteiger partial charge in [-0.3, -0.25) is 5.10 Å². The average molecular weight is 272 g/mol. The van der Waals surface area contributed by atoms with Crippen LogP contribution in [0.3, 0.4) is 0 Å². The maximum Gasteiger partial charge on any atom is 0.258 e. The third kappa shape index (κ3) is 2.43. The van der Waals surface area contributed by atoms with E-state index in [1.807, 2.05) is 6.92 Å². The van der Waals surface area contributed by atoms with Crippen molar-refractivity contribution < 1.29 is 8.42 Å². The zero-order chi connectivity index (χ0) is 13.2. The molecule has 0 radical (unpaired) electrons. The van der Waals surface area contributed by atoms with Crippen LogP contribution in [0.15, 0.2) is 11.2 Å². The van der Waals surface area contributed by atoms with Crippen LogP contribution in [-0.4, -0.2) is 31.2 Å². The molecule has 3 N–H and O–H groups in total. The van der Waals surface area contributed by atoms with Crippen LogP contribution in [0.4, 0.5) is 0 Å². The van der Waals surface area contributed by atoms with E-state index in [0.717, 1.165) is 25.7 Å². The lowest BCUT2D eigenvalue weighted by Crippen LogP contribution is -2.53. The van der Waals surface area contributed by atoms with Crippen LogP contribution in [0.5, 0.6) is 0 Å². The van der Waals surface area contributed by atoms with Gasteiger partial charge in [-0.2, -0.15) is 5.10 Å². The van der Waals surface area contributed by atoms with E-state index in [2.05, 4.69) is 20.2 Å². The third-order valence-corrected chi connectivity index (χ3v) is 5.25. The van der Waals surface area contributed by atoms with Crippen molar-refractivity contribution in [1.29, 1.82) is 0 Å². The van der Waals surface area contributed by atoms with E-state index in [9.17, 15) is 8.42 Å². The van der Waals surface area contributed by atoms with E-state index in [0.29, 0.717) is 12.1 Å². The van der Waals surface area contributed by atoms with E-state index >= 15 is 0 Å². The molecule has 18 heavy (non-hydrogen) atoms. The highest BCUT2D eigenvalue weighted by atomic mass is 32.2. The molecule has 2 rings (SSSR count). The molecule has 0 unspecified atom stereocenters. The third-order valence-electron chi connectivity index (χ3n) is 3.65. The number of nitrogens with one attached hydrogen (secondary N) is 3. The van der Waals surface area contributed by atoms with Gasteiger partial charge in [0.1, 0.15) is 0 Å². The van der Waals surface area contributed by atoms with Gasteiger partial charge in [0.25, 0.3) is 10.0 Å². The summed E-state index contributed by atoms with van der Waals surface area (Å²) < 4.78 is 27.5. The van der Waals surface area contributed by atoms with Crippen LogP contribution in [0.1, 0.15) is 38.2 Å². The van der Waals surface area contributed by atoms with Crippen LogP contribution in [-0.2, 0) is 16.6 Å². The van der Waals surface area contributed by atoms with Crippen LogP contribution in [0.2, 0.25) is 0 Å². The van der Waals surface area contributed by atoms with Gasteiger partial charge in [-0.25, -0.2) is 13.1 Å². The summed E-state index contributed by atoms with van der Waals surface area (Å²) in [5.41, 5.74) is 0.413. The summed E-state index contributed by atoms with van der Waals surface area (Å²) in [6.07, 6.45) is 5.28. The van der Waals surface area contributed by atoms with E-state index in [4.69, 9.17) is 0 Å². The molecule has 0 atom stereocenters. The molecule has 1 aliphatic carbocycles. The highest BCUT2D eigenvalue weighted by molar-refractivity contribution is 7.89. The molecule has 0 aliphatic heterocycles. The minimum atomic E-state index is -3.51. The van der Waals surface area contributed by atoms with E-state index in [-0.39, 0.29) is 10.6 Å². The first-order chi connectivity index (χ1) is 8.53. The number of nitrogens with zero attached hydrogens (tertiary/aromatic N) is 1. The van der Waals surface area contributed by atoms with Crippen molar-refractivity contribution in [2.24, 2.45) is 0 Å². The highest BCUT2D eigenvalue weighted by Crippen LogP contribution is 2.36. The van der Waals surface area contributed by atoms with E-state index in [1.165, 1.54) is 0 Å². The SMILES string of the molecule is CCC1(NS(=O)(=O)c2[nH]ncc2CNC)CCC1. The Balaban J connectivity index is 2.22. The molecule has 1 aromatic heterocycles. The molecule has 1 saturated carbocycles. The van der Waals surface area contributed by atoms with Crippen molar-refractivity contribution in [1.82, 2.24) is 20.2 Å². The van der Waals surface area contributed by atoms with Gasteiger partial charge in [0.15, 0.2) is 5.03 Å². The maximum atomic E-state index is 12.3. The number of sulfonamides is 1. The zero-order valence-corrected chi connectivity index (χ0v) is 11.6. The second-order valence-electron chi connectivity index (χ2n) is 4.85. The first-order valence-corrected chi connectivity index (χ1v) is 7.72. The van der Waals surface area contributed by atoms with Gasteiger partial charge in [-0.05, 0) is 32.7 Å². The number of hydrogen-bond donors (Lipinski definition) is 3. The minimum absolute atomic E-state index is 0.177. The summed E-state index contributed by atoms with van der Waals surface area (Å²) in [5, 5.41) is 9.52. The van der Waals surface area contributed by atoms with Crippen LogP contribution >= 0.6 is 0 Å². The van der Waals surface area contributed by atoms with Gasteiger partial charge in [-0.15, -0.1) is 0 Å². The summed E-state index contributed by atoms with van der Waals surface area (Å²) in [7, 11) is -1.73. The fraction of sp³-hybridized carbons (Fsp3) is 0.727. The summed E-state index contributed by atoms with van der Waals surface area (Å²) in [6.45, 7) is 2.50. The molecule has 1 heterocycles. The van der Waals surface area contributed by atoms with Gasteiger partial charge in [0.05, 0.1) is 6.20 Å². The second-order valence-corrected chi connectivity index (χ2v) is 6.47. The minimum Gasteiger partial charge on any atom is -0.316 e. The normalized spacial score (nSPS) is 18.6. The Hall–Kier alpha value is -0.920. The molecule has 0 bridgehead atoms. The summed E-state index contributed by atoms with van der Waals surface area (Å²) in [5.74, 6) is 0. The van der Waals surface area contributed by atoms with Crippen molar-refractivity contribution in [2.45, 2.75) is 49.7 Å². The number of H-pyrrole nitrogens is 1. The maximum absolute atomic E-state index is 12.3. The van der Waals surface area contributed by atoms with Crippen molar-refractivity contribution in [3.8, 4) is 0 Å². The second kappa shape index (κ2) is 4.99. The molecule has 7 heteroatoms. The monoisotopic (exact) mass is 272 g/mol. The fourth-order valence-electron chi connectivity index (χ4n) is 2.32. The molecular weight excluding hydrogens is 252 g/mol. The lowest BCUT2D eigenvalue weighted by molar-refractivity contribution is 0.213. The molecule has 1 aliphatic rings. The van der Waals surface area contributed by atoms with Crippen LogP contribution in [0, 0.1) is 0 Å². The van der Waals surface area contributed by atoms with Crippen molar-refractivity contribution >= 4 is 10.0 Å². The van der Waals surface area contributed by atoms with Gasteiger partial charge >= 0.3 is 0 Å². The van der Waals surface area contributed by atoms with Crippen LogP contribution < -0.4 is 10.0 Å². The summed E-state index contributed by atoms with van der Waals surface area (Å²) in [4.78, 5) is 0. The zero-order valence-electron chi connectivity index (χ0n) is 10.8. The summed E-state index contributed by atoms with van der Waals surface area (Å²) in [6, 6.07) is 0.